The predicted molar refractivity (Wildman–Crippen MR) is 93.3 cm³/mol. The van der Waals surface area contributed by atoms with Gasteiger partial charge in [-0.15, -0.1) is 5.10 Å². The zero-order valence-electron chi connectivity index (χ0n) is 14.2. The fraction of sp³-hybridized carbons (Fsp3) is 0.421. The number of aromatic nitrogens is 2. The van der Waals surface area contributed by atoms with Crippen molar-refractivity contribution in [3.05, 3.63) is 52.7 Å². The second-order valence-corrected chi connectivity index (χ2v) is 6.48. The van der Waals surface area contributed by atoms with Crippen LogP contribution in [0, 0.1) is 19.8 Å². The zero-order valence-corrected chi connectivity index (χ0v) is 14.2. The summed E-state index contributed by atoms with van der Waals surface area (Å²) < 4.78 is 0. The monoisotopic (exact) mass is 325 g/mol. The Morgan fingerprint density at radius 3 is 2.42 bits per heavy atom. The summed E-state index contributed by atoms with van der Waals surface area (Å²) in [6.07, 6.45) is 2.12. The van der Waals surface area contributed by atoms with Crippen LogP contribution in [0.5, 0.6) is 0 Å². The molecule has 0 unspecified atom stereocenters. The molecule has 5 heteroatoms. The van der Waals surface area contributed by atoms with Crippen molar-refractivity contribution < 1.29 is 9.90 Å². The van der Waals surface area contributed by atoms with Gasteiger partial charge < -0.3 is 10.0 Å². The number of benzene rings is 1. The fourth-order valence-corrected chi connectivity index (χ4v) is 3.24. The van der Waals surface area contributed by atoms with Crippen molar-refractivity contribution >= 4 is 11.8 Å². The Bertz CT molecular complexity index is 723. The minimum absolute atomic E-state index is 0.229. The maximum atomic E-state index is 11.1. The van der Waals surface area contributed by atoms with Crippen LogP contribution in [0.3, 0.4) is 0 Å². The SMILES string of the molecule is Cc1c(Cc2ccccc2)nnc(N2CCC(C(=O)O)CC2)c1C. The van der Waals surface area contributed by atoms with Gasteiger partial charge in [0.25, 0.3) is 0 Å². The third-order valence-electron chi connectivity index (χ3n) is 4.95. The van der Waals surface area contributed by atoms with Gasteiger partial charge in [0, 0.05) is 19.5 Å². The number of hydrogen-bond donors (Lipinski definition) is 1. The van der Waals surface area contributed by atoms with Crippen molar-refractivity contribution in [2.24, 2.45) is 5.92 Å². The maximum Gasteiger partial charge on any atom is 0.306 e. The van der Waals surface area contributed by atoms with E-state index in [0.29, 0.717) is 12.8 Å². The summed E-state index contributed by atoms with van der Waals surface area (Å²) in [6.45, 7) is 5.63. The number of carbonyl (C=O) groups is 1. The van der Waals surface area contributed by atoms with Crippen molar-refractivity contribution in [3.8, 4) is 0 Å². The van der Waals surface area contributed by atoms with Gasteiger partial charge in [-0.1, -0.05) is 30.3 Å². The fourth-order valence-electron chi connectivity index (χ4n) is 3.24. The quantitative estimate of drug-likeness (QED) is 0.936. The van der Waals surface area contributed by atoms with Crippen LogP contribution >= 0.6 is 0 Å². The number of piperidine rings is 1. The largest absolute Gasteiger partial charge is 0.481 e. The summed E-state index contributed by atoms with van der Waals surface area (Å²) >= 11 is 0. The van der Waals surface area contributed by atoms with Gasteiger partial charge in [-0.2, -0.15) is 5.10 Å². The van der Waals surface area contributed by atoms with Crippen LogP contribution in [0.1, 0.15) is 35.2 Å². The standard InChI is InChI=1S/C19H23N3O2/c1-13-14(2)18(22-10-8-16(9-11-22)19(23)24)21-20-17(13)12-15-6-4-3-5-7-15/h3-7,16H,8-12H2,1-2H3,(H,23,24). The second kappa shape index (κ2) is 6.99. The maximum absolute atomic E-state index is 11.1. The molecule has 126 valence electrons. The van der Waals surface area contributed by atoms with E-state index in [1.165, 1.54) is 11.1 Å². The van der Waals surface area contributed by atoms with E-state index in [1.807, 2.05) is 18.2 Å². The van der Waals surface area contributed by atoms with Crippen molar-refractivity contribution in [3.63, 3.8) is 0 Å². The van der Waals surface area contributed by atoms with Crippen LogP contribution in [-0.4, -0.2) is 34.4 Å². The first kappa shape index (κ1) is 16.4. The molecule has 1 aromatic heterocycles. The number of anilines is 1. The summed E-state index contributed by atoms with van der Waals surface area (Å²) in [4.78, 5) is 13.3. The molecule has 0 radical (unpaired) electrons. The Morgan fingerprint density at radius 1 is 1.12 bits per heavy atom. The molecule has 5 nitrogen and oxygen atoms in total. The molecule has 3 rings (SSSR count). The number of carboxylic acids is 1. The number of rotatable bonds is 4. The Kier molecular flexibility index (Phi) is 4.79. The van der Waals surface area contributed by atoms with Crippen LogP contribution in [0.25, 0.3) is 0 Å². The van der Waals surface area contributed by atoms with Crippen LogP contribution < -0.4 is 4.90 Å². The smallest absolute Gasteiger partial charge is 0.306 e. The Balaban J connectivity index is 1.77. The molecule has 1 fully saturated rings. The molecule has 0 spiro atoms. The lowest BCUT2D eigenvalue weighted by Crippen LogP contribution is -2.37. The Morgan fingerprint density at radius 2 is 1.79 bits per heavy atom. The number of nitrogens with zero attached hydrogens (tertiary/aromatic N) is 3. The lowest BCUT2D eigenvalue weighted by atomic mass is 9.96. The molecular weight excluding hydrogens is 302 g/mol. The molecule has 0 amide bonds. The van der Waals surface area contributed by atoms with E-state index in [9.17, 15) is 4.79 Å². The van der Waals surface area contributed by atoms with Crippen molar-refractivity contribution in [1.82, 2.24) is 10.2 Å². The van der Waals surface area contributed by atoms with E-state index in [1.54, 1.807) is 0 Å². The van der Waals surface area contributed by atoms with Crippen molar-refractivity contribution in [2.75, 3.05) is 18.0 Å². The van der Waals surface area contributed by atoms with Gasteiger partial charge in [-0.3, -0.25) is 4.79 Å². The molecule has 1 aromatic carbocycles. The van der Waals surface area contributed by atoms with E-state index >= 15 is 0 Å². The van der Waals surface area contributed by atoms with E-state index in [-0.39, 0.29) is 5.92 Å². The van der Waals surface area contributed by atoms with Crippen LogP contribution in [-0.2, 0) is 11.2 Å². The summed E-state index contributed by atoms with van der Waals surface area (Å²) in [7, 11) is 0. The number of hydrogen-bond acceptors (Lipinski definition) is 4. The van der Waals surface area contributed by atoms with Gasteiger partial charge in [0.05, 0.1) is 11.6 Å². The second-order valence-electron chi connectivity index (χ2n) is 6.48. The van der Waals surface area contributed by atoms with Crippen LogP contribution in [0.2, 0.25) is 0 Å². The van der Waals surface area contributed by atoms with E-state index in [4.69, 9.17) is 5.11 Å². The first-order valence-electron chi connectivity index (χ1n) is 8.40. The molecular formula is C19H23N3O2. The summed E-state index contributed by atoms with van der Waals surface area (Å²) in [5.74, 6) is -0.0204. The van der Waals surface area contributed by atoms with Gasteiger partial charge >= 0.3 is 5.97 Å². The van der Waals surface area contributed by atoms with Crippen LogP contribution in [0.15, 0.2) is 30.3 Å². The third kappa shape index (κ3) is 3.40. The zero-order chi connectivity index (χ0) is 17.1. The van der Waals surface area contributed by atoms with Gasteiger partial charge in [-0.25, -0.2) is 0 Å². The Labute approximate surface area is 142 Å². The summed E-state index contributed by atoms with van der Waals surface area (Å²) in [5.41, 5.74) is 4.54. The number of aliphatic carboxylic acids is 1. The van der Waals surface area contributed by atoms with Gasteiger partial charge in [0.2, 0.25) is 0 Å². The minimum atomic E-state index is -0.688. The Hall–Kier alpha value is -2.43. The van der Waals surface area contributed by atoms with Gasteiger partial charge in [0.1, 0.15) is 0 Å². The van der Waals surface area contributed by atoms with Gasteiger partial charge in [-0.05, 0) is 43.4 Å². The predicted octanol–water partition coefficient (Wildman–Crippen LogP) is 2.99. The highest BCUT2D eigenvalue weighted by Crippen LogP contribution is 2.27. The first-order chi connectivity index (χ1) is 11.6. The topological polar surface area (TPSA) is 66.3 Å². The molecule has 0 atom stereocenters. The molecule has 0 aliphatic carbocycles. The molecule has 1 saturated heterocycles. The van der Waals surface area contributed by atoms with Crippen molar-refractivity contribution in [2.45, 2.75) is 33.1 Å². The molecule has 1 aliphatic heterocycles. The molecule has 2 aromatic rings. The highest BCUT2D eigenvalue weighted by molar-refractivity contribution is 5.70. The molecule has 2 heterocycles. The van der Waals surface area contributed by atoms with E-state index in [2.05, 4.69) is 41.1 Å². The van der Waals surface area contributed by atoms with E-state index in [0.717, 1.165) is 36.6 Å². The normalized spacial score (nSPS) is 15.5. The molecule has 0 saturated carbocycles. The molecule has 1 N–H and O–H groups in total. The lowest BCUT2D eigenvalue weighted by Gasteiger charge is -2.32. The third-order valence-corrected chi connectivity index (χ3v) is 4.95. The average molecular weight is 325 g/mol. The molecule has 24 heavy (non-hydrogen) atoms. The van der Waals surface area contributed by atoms with Crippen molar-refractivity contribution in [1.29, 1.82) is 0 Å². The molecule has 1 aliphatic rings. The minimum Gasteiger partial charge on any atom is -0.481 e. The van der Waals surface area contributed by atoms with Gasteiger partial charge in [0.15, 0.2) is 5.82 Å². The lowest BCUT2D eigenvalue weighted by molar-refractivity contribution is -0.142. The summed E-state index contributed by atoms with van der Waals surface area (Å²) in [6, 6.07) is 10.3. The average Bonchev–Trinajstić information content (AvgIpc) is 2.60. The highest BCUT2D eigenvalue weighted by atomic mass is 16.4. The van der Waals surface area contributed by atoms with Crippen LogP contribution in [0.4, 0.5) is 5.82 Å². The number of carboxylic acid groups (broad SMARTS) is 1. The highest BCUT2D eigenvalue weighted by Gasteiger charge is 2.26. The summed E-state index contributed by atoms with van der Waals surface area (Å²) in [5, 5.41) is 18.0. The molecule has 0 bridgehead atoms. The van der Waals surface area contributed by atoms with E-state index < -0.39 is 5.97 Å². The first-order valence-corrected chi connectivity index (χ1v) is 8.40.